The van der Waals surface area contributed by atoms with E-state index in [1.807, 2.05) is 11.8 Å². The van der Waals surface area contributed by atoms with Gasteiger partial charge >= 0.3 is 6.03 Å². The molecule has 24 heavy (non-hydrogen) atoms. The van der Waals surface area contributed by atoms with Crippen molar-refractivity contribution in [2.24, 2.45) is 5.92 Å². The van der Waals surface area contributed by atoms with Gasteiger partial charge in [-0.25, -0.2) is 4.79 Å². The van der Waals surface area contributed by atoms with E-state index in [9.17, 15) is 4.79 Å². The molecule has 1 saturated carbocycles. The number of nitrogens with one attached hydrogen (secondary N) is 2. The second kappa shape index (κ2) is 6.96. The van der Waals surface area contributed by atoms with Gasteiger partial charge in [0.1, 0.15) is 0 Å². The van der Waals surface area contributed by atoms with Crippen molar-refractivity contribution in [3.05, 3.63) is 35.9 Å². The summed E-state index contributed by atoms with van der Waals surface area (Å²) in [5.74, 6) is 3.47. The van der Waals surface area contributed by atoms with E-state index in [1.54, 1.807) is 0 Å². The highest BCUT2D eigenvalue weighted by molar-refractivity contribution is 7.99. The normalized spacial score (nSPS) is 34.9. The van der Waals surface area contributed by atoms with E-state index < -0.39 is 0 Å². The maximum absolute atomic E-state index is 12.2. The van der Waals surface area contributed by atoms with Crippen LogP contribution in [-0.4, -0.2) is 42.3 Å². The van der Waals surface area contributed by atoms with E-state index in [1.165, 1.54) is 17.7 Å². The number of amides is 2. The van der Waals surface area contributed by atoms with Crippen LogP contribution in [0, 0.1) is 5.92 Å². The fourth-order valence-electron chi connectivity index (χ4n) is 4.06. The smallest absolute Gasteiger partial charge is 0.315 e. The van der Waals surface area contributed by atoms with E-state index in [-0.39, 0.29) is 17.7 Å². The minimum atomic E-state index is -0.0126. The molecule has 2 aliphatic heterocycles. The van der Waals surface area contributed by atoms with Crippen LogP contribution in [0.3, 0.4) is 0 Å². The molecule has 2 amide bonds. The van der Waals surface area contributed by atoms with Gasteiger partial charge in [-0.3, -0.25) is 0 Å². The second-order valence-corrected chi connectivity index (χ2v) is 8.50. The Bertz CT molecular complexity index is 574. The molecule has 0 unspecified atom stereocenters. The molecular weight excluding hydrogens is 320 g/mol. The molecule has 2 heterocycles. The molecule has 3 fully saturated rings. The lowest BCUT2D eigenvalue weighted by Gasteiger charge is -2.37. The molecule has 0 radical (unpaired) electrons. The monoisotopic (exact) mass is 346 g/mol. The molecule has 4 rings (SSSR count). The van der Waals surface area contributed by atoms with Gasteiger partial charge in [0.2, 0.25) is 0 Å². The summed E-state index contributed by atoms with van der Waals surface area (Å²) in [6, 6.07) is 10.8. The van der Waals surface area contributed by atoms with Crippen molar-refractivity contribution in [3.8, 4) is 0 Å². The summed E-state index contributed by atoms with van der Waals surface area (Å²) in [4.78, 5) is 12.2. The zero-order valence-corrected chi connectivity index (χ0v) is 14.8. The SMILES string of the molecule is O=C(NC[C@@H]1C[C@@H]1c1ccccc1)N[C@@H]1CCO[C@]2(CCSC2)C1. The molecule has 1 aromatic carbocycles. The van der Waals surface area contributed by atoms with Crippen LogP contribution in [0.25, 0.3) is 0 Å². The first-order valence-electron chi connectivity index (χ1n) is 9.05. The molecule has 3 aliphatic rings. The van der Waals surface area contributed by atoms with Gasteiger partial charge in [-0.2, -0.15) is 11.8 Å². The lowest BCUT2D eigenvalue weighted by atomic mass is 9.90. The lowest BCUT2D eigenvalue weighted by Crippen LogP contribution is -2.51. The highest BCUT2D eigenvalue weighted by atomic mass is 32.2. The quantitative estimate of drug-likeness (QED) is 0.880. The van der Waals surface area contributed by atoms with Crippen molar-refractivity contribution in [1.29, 1.82) is 0 Å². The summed E-state index contributed by atoms with van der Waals surface area (Å²) in [6.07, 6.45) is 4.19. The number of urea groups is 1. The topological polar surface area (TPSA) is 50.4 Å². The van der Waals surface area contributed by atoms with Crippen molar-refractivity contribution in [2.45, 2.75) is 43.2 Å². The third kappa shape index (κ3) is 3.72. The molecule has 4 nitrogen and oxygen atoms in total. The van der Waals surface area contributed by atoms with Crippen LogP contribution in [0.1, 0.15) is 37.2 Å². The molecule has 130 valence electrons. The van der Waals surface area contributed by atoms with E-state index in [2.05, 4.69) is 41.0 Å². The number of benzene rings is 1. The van der Waals surface area contributed by atoms with Crippen LogP contribution in [0.5, 0.6) is 0 Å². The van der Waals surface area contributed by atoms with E-state index in [0.29, 0.717) is 11.8 Å². The lowest BCUT2D eigenvalue weighted by molar-refractivity contribution is -0.0684. The molecule has 0 aromatic heterocycles. The van der Waals surface area contributed by atoms with Gasteiger partial charge in [0.15, 0.2) is 0 Å². The largest absolute Gasteiger partial charge is 0.374 e. The number of rotatable bonds is 4. The predicted molar refractivity (Wildman–Crippen MR) is 97.5 cm³/mol. The standard InChI is InChI=1S/C19H26N2O2S/c22-18(20-12-15-10-17(15)14-4-2-1-3-5-14)21-16-6-8-23-19(11-16)7-9-24-13-19/h1-5,15-17H,6-13H2,(H2,20,21,22)/t15-,16+,17+,19+/m0/s1. The fourth-order valence-corrected chi connectivity index (χ4v) is 5.43. The molecule has 5 heteroatoms. The predicted octanol–water partition coefficient (Wildman–Crippen LogP) is 3.14. The Morgan fingerprint density at radius 3 is 3.00 bits per heavy atom. The summed E-state index contributed by atoms with van der Waals surface area (Å²) >= 11 is 1.97. The molecule has 0 bridgehead atoms. The van der Waals surface area contributed by atoms with Crippen molar-refractivity contribution in [3.63, 3.8) is 0 Å². The van der Waals surface area contributed by atoms with Crippen molar-refractivity contribution < 1.29 is 9.53 Å². The van der Waals surface area contributed by atoms with Gasteiger partial charge in [-0.05, 0) is 48.8 Å². The zero-order valence-electron chi connectivity index (χ0n) is 14.0. The number of hydrogen-bond acceptors (Lipinski definition) is 3. The summed E-state index contributed by atoms with van der Waals surface area (Å²) in [5, 5.41) is 6.24. The average molecular weight is 346 g/mol. The van der Waals surface area contributed by atoms with Crippen molar-refractivity contribution in [2.75, 3.05) is 24.7 Å². The number of hydrogen-bond donors (Lipinski definition) is 2. The first-order valence-corrected chi connectivity index (χ1v) is 10.2. The molecule has 1 aromatic rings. The summed E-state index contributed by atoms with van der Waals surface area (Å²) in [6.45, 7) is 1.54. The van der Waals surface area contributed by atoms with Gasteiger partial charge in [-0.1, -0.05) is 30.3 Å². The Hall–Kier alpha value is -1.20. The van der Waals surface area contributed by atoms with E-state index >= 15 is 0 Å². The van der Waals surface area contributed by atoms with E-state index in [0.717, 1.165) is 38.2 Å². The van der Waals surface area contributed by atoms with Crippen LogP contribution < -0.4 is 10.6 Å². The fraction of sp³-hybridized carbons (Fsp3) is 0.632. The highest BCUT2D eigenvalue weighted by Crippen LogP contribution is 2.46. The first-order chi connectivity index (χ1) is 11.7. The minimum Gasteiger partial charge on any atom is -0.374 e. The maximum Gasteiger partial charge on any atom is 0.315 e. The highest BCUT2D eigenvalue weighted by Gasteiger charge is 2.41. The van der Waals surface area contributed by atoms with Gasteiger partial charge in [-0.15, -0.1) is 0 Å². The molecule has 2 N–H and O–H groups in total. The van der Waals surface area contributed by atoms with Crippen LogP contribution in [0.2, 0.25) is 0 Å². The van der Waals surface area contributed by atoms with Gasteiger partial charge in [0.05, 0.1) is 5.60 Å². The van der Waals surface area contributed by atoms with Crippen LogP contribution in [0.4, 0.5) is 4.79 Å². The van der Waals surface area contributed by atoms with Crippen LogP contribution in [-0.2, 0) is 4.74 Å². The Balaban J connectivity index is 1.20. The number of thioether (sulfide) groups is 1. The van der Waals surface area contributed by atoms with Crippen LogP contribution >= 0.6 is 11.8 Å². The van der Waals surface area contributed by atoms with Gasteiger partial charge in [0.25, 0.3) is 0 Å². The summed E-state index contributed by atoms with van der Waals surface area (Å²) < 4.78 is 6.02. The Morgan fingerprint density at radius 1 is 1.33 bits per heavy atom. The molecule has 1 aliphatic carbocycles. The Kier molecular flexibility index (Phi) is 4.72. The van der Waals surface area contributed by atoms with Crippen LogP contribution in [0.15, 0.2) is 30.3 Å². The van der Waals surface area contributed by atoms with E-state index in [4.69, 9.17) is 4.74 Å². The Labute approximate surface area is 148 Å². The van der Waals surface area contributed by atoms with Gasteiger partial charge in [0, 0.05) is 24.9 Å². The van der Waals surface area contributed by atoms with Gasteiger partial charge < -0.3 is 15.4 Å². The molecular formula is C19H26N2O2S. The molecule has 2 saturated heterocycles. The number of ether oxygens (including phenoxy) is 1. The van der Waals surface area contributed by atoms with Crippen molar-refractivity contribution >= 4 is 17.8 Å². The minimum absolute atomic E-state index is 0.0126. The second-order valence-electron chi connectivity index (χ2n) is 7.39. The number of carbonyl (C=O) groups excluding carboxylic acids is 1. The third-order valence-corrected chi connectivity index (χ3v) is 6.79. The molecule has 4 atom stereocenters. The first kappa shape index (κ1) is 16.3. The maximum atomic E-state index is 12.2. The molecule has 1 spiro atoms. The number of carbonyl (C=O) groups is 1. The average Bonchev–Trinajstić information content (AvgIpc) is 3.26. The third-order valence-electron chi connectivity index (χ3n) is 5.57. The summed E-state index contributed by atoms with van der Waals surface area (Å²) in [5.41, 5.74) is 1.42. The Morgan fingerprint density at radius 2 is 2.21 bits per heavy atom. The zero-order chi connectivity index (χ0) is 16.4. The summed E-state index contributed by atoms with van der Waals surface area (Å²) in [7, 11) is 0. The van der Waals surface area contributed by atoms with Crippen molar-refractivity contribution in [1.82, 2.24) is 10.6 Å².